The second-order valence-corrected chi connectivity index (χ2v) is 7.25. The third kappa shape index (κ3) is 4.66. The number of rotatable bonds is 6. The summed E-state index contributed by atoms with van der Waals surface area (Å²) in [5, 5.41) is 3.09. The molecule has 5 heteroatoms. The van der Waals surface area contributed by atoms with E-state index >= 15 is 0 Å². The predicted molar refractivity (Wildman–Crippen MR) is 98.2 cm³/mol. The molecular formula is C20H30N2O3. The Labute approximate surface area is 150 Å². The minimum atomic E-state index is -0.125. The summed E-state index contributed by atoms with van der Waals surface area (Å²) < 4.78 is 11.0. The van der Waals surface area contributed by atoms with Crippen LogP contribution in [-0.2, 0) is 11.2 Å². The van der Waals surface area contributed by atoms with E-state index in [1.165, 1.54) is 32.1 Å². The van der Waals surface area contributed by atoms with Gasteiger partial charge in [-0.25, -0.2) is 0 Å². The Morgan fingerprint density at radius 2 is 2.12 bits per heavy atom. The van der Waals surface area contributed by atoms with Crippen molar-refractivity contribution in [2.24, 2.45) is 5.92 Å². The normalized spacial score (nSPS) is 20.7. The predicted octanol–water partition coefficient (Wildman–Crippen LogP) is 2.63. The van der Waals surface area contributed by atoms with Crippen LogP contribution >= 0.6 is 0 Å². The minimum Gasteiger partial charge on any atom is -0.497 e. The van der Waals surface area contributed by atoms with Gasteiger partial charge in [0.2, 0.25) is 5.91 Å². The minimum absolute atomic E-state index is 0.0884. The van der Waals surface area contributed by atoms with Crippen molar-refractivity contribution in [1.29, 1.82) is 0 Å². The number of carbonyl (C=O) groups is 1. The van der Waals surface area contributed by atoms with Gasteiger partial charge in [-0.3, -0.25) is 4.79 Å². The molecule has 0 bridgehead atoms. The average molecular weight is 346 g/mol. The zero-order valence-electron chi connectivity index (χ0n) is 15.4. The molecule has 1 N–H and O–H groups in total. The summed E-state index contributed by atoms with van der Waals surface area (Å²) in [5.74, 6) is 1.63. The quantitative estimate of drug-likeness (QED) is 0.860. The van der Waals surface area contributed by atoms with Crippen LogP contribution in [0.3, 0.4) is 0 Å². The number of methoxy groups -OCH3 is 1. The first-order valence-electron chi connectivity index (χ1n) is 9.45. The van der Waals surface area contributed by atoms with Gasteiger partial charge in [-0.05, 0) is 50.1 Å². The van der Waals surface area contributed by atoms with Gasteiger partial charge in [0, 0.05) is 19.1 Å². The number of amides is 1. The van der Waals surface area contributed by atoms with Gasteiger partial charge in [-0.1, -0.05) is 19.3 Å². The molecule has 1 saturated carbocycles. The fourth-order valence-electron chi connectivity index (χ4n) is 3.87. The van der Waals surface area contributed by atoms with Crippen LogP contribution in [-0.4, -0.2) is 50.7 Å². The molecule has 138 valence electrons. The number of hydrogen-bond donors (Lipinski definition) is 1. The number of ether oxygens (including phenoxy) is 2. The van der Waals surface area contributed by atoms with E-state index < -0.39 is 0 Å². The molecule has 1 heterocycles. The maximum Gasteiger partial charge on any atom is 0.226 e. The second-order valence-electron chi connectivity index (χ2n) is 7.25. The van der Waals surface area contributed by atoms with Crippen LogP contribution in [0.15, 0.2) is 18.2 Å². The monoisotopic (exact) mass is 346 g/mol. The Hall–Kier alpha value is -1.75. The first kappa shape index (κ1) is 18.1. The zero-order valence-corrected chi connectivity index (χ0v) is 15.4. The van der Waals surface area contributed by atoms with E-state index in [1.807, 2.05) is 18.2 Å². The molecule has 0 unspecified atom stereocenters. The van der Waals surface area contributed by atoms with Crippen molar-refractivity contribution in [3.05, 3.63) is 23.8 Å². The maximum absolute atomic E-state index is 12.5. The molecule has 1 aliphatic carbocycles. The summed E-state index contributed by atoms with van der Waals surface area (Å²) in [6.45, 7) is 2.06. The third-order valence-corrected chi connectivity index (χ3v) is 5.51. The maximum atomic E-state index is 12.5. The summed E-state index contributed by atoms with van der Waals surface area (Å²) in [6, 6.07) is 6.45. The SMILES string of the molecule is COc1ccc2c(c1)C[C@@H](C(=O)NCCN(C)C1CCCCC1)CO2. The largest absolute Gasteiger partial charge is 0.497 e. The van der Waals surface area contributed by atoms with Gasteiger partial charge in [-0.15, -0.1) is 0 Å². The average Bonchev–Trinajstić information content (AvgIpc) is 2.67. The summed E-state index contributed by atoms with van der Waals surface area (Å²) in [7, 11) is 3.83. The highest BCUT2D eigenvalue weighted by Crippen LogP contribution is 2.30. The van der Waals surface area contributed by atoms with Gasteiger partial charge in [0.1, 0.15) is 18.1 Å². The van der Waals surface area contributed by atoms with Crippen LogP contribution < -0.4 is 14.8 Å². The Balaban J connectivity index is 1.45. The Bertz CT molecular complexity index is 584. The first-order valence-corrected chi connectivity index (χ1v) is 9.45. The number of hydrogen-bond acceptors (Lipinski definition) is 4. The van der Waals surface area contributed by atoms with Gasteiger partial charge in [0.25, 0.3) is 0 Å². The number of fused-ring (bicyclic) bond motifs is 1. The lowest BCUT2D eigenvalue weighted by molar-refractivity contribution is -0.126. The molecule has 1 amide bonds. The van der Waals surface area contributed by atoms with Crippen LogP contribution in [0.2, 0.25) is 0 Å². The zero-order chi connectivity index (χ0) is 17.6. The van der Waals surface area contributed by atoms with E-state index in [4.69, 9.17) is 9.47 Å². The lowest BCUT2D eigenvalue weighted by atomic mass is 9.94. The van der Waals surface area contributed by atoms with Gasteiger partial charge in [0.15, 0.2) is 0 Å². The summed E-state index contributed by atoms with van der Waals surface area (Å²) in [6.07, 6.45) is 7.33. The van der Waals surface area contributed by atoms with Crippen molar-refractivity contribution in [3.63, 3.8) is 0 Å². The molecule has 0 aromatic heterocycles. The molecule has 1 aliphatic heterocycles. The van der Waals surface area contributed by atoms with E-state index in [9.17, 15) is 4.79 Å². The topological polar surface area (TPSA) is 50.8 Å². The molecule has 1 aromatic rings. The highest BCUT2D eigenvalue weighted by atomic mass is 16.5. The third-order valence-electron chi connectivity index (χ3n) is 5.51. The van der Waals surface area contributed by atoms with Crippen molar-refractivity contribution >= 4 is 5.91 Å². The number of likely N-dealkylation sites (N-methyl/N-ethyl adjacent to an activating group) is 1. The lowest BCUT2D eigenvalue weighted by Crippen LogP contribution is -2.42. The Morgan fingerprint density at radius 3 is 2.88 bits per heavy atom. The van der Waals surface area contributed by atoms with Crippen molar-refractivity contribution in [2.75, 3.05) is 33.9 Å². The van der Waals surface area contributed by atoms with Crippen molar-refractivity contribution in [3.8, 4) is 11.5 Å². The molecule has 1 fully saturated rings. The smallest absolute Gasteiger partial charge is 0.226 e. The van der Waals surface area contributed by atoms with Crippen molar-refractivity contribution in [2.45, 2.75) is 44.6 Å². The highest BCUT2D eigenvalue weighted by molar-refractivity contribution is 5.79. The summed E-state index contributed by atoms with van der Waals surface area (Å²) in [4.78, 5) is 14.9. The van der Waals surface area contributed by atoms with Gasteiger partial charge in [0.05, 0.1) is 13.0 Å². The van der Waals surface area contributed by atoms with Crippen LogP contribution in [0.4, 0.5) is 0 Å². The van der Waals surface area contributed by atoms with Crippen molar-refractivity contribution < 1.29 is 14.3 Å². The fourth-order valence-corrected chi connectivity index (χ4v) is 3.87. The van der Waals surface area contributed by atoms with Crippen LogP contribution in [0.5, 0.6) is 11.5 Å². The van der Waals surface area contributed by atoms with E-state index in [0.29, 0.717) is 25.6 Å². The molecule has 25 heavy (non-hydrogen) atoms. The molecule has 0 spiro atoms. The molecule has 1 atom stereocenters. The van der Waals surface area contributed by atoms with Gasteiger partial charge in [-0.2, -0.15) is 0 Å². The molecule has 3 rings (SSSR count). The van der Waals surface area contributed by atoms with Crippen LogP contribution in [0, 0.1) is 5.92 Å². The molecule has 1 aromatic carbocycles. The number of benzene rings is 1. The molecule has 5 nitrogen and oxygen atoms in total. The van der Waals surface area contributed by atoms with Crippen LogP contribution in [0.25, 0.3) is 0 Å². The van der Waals surface area contributed by atoms with E-state index in [0.717, 1.165) is 23.6 Å². The molecular weight excluding hydrogens is 316 g/mol. The number of nitrogens with one attached hydrogen (secondary N) is 1. The summed E-state index contributed by atoms with van der Waals surface area (Å²) >= 11 is 0. The van der Waals surface area contributed by atoms with Crippen LogP contribution in [0.1, 0.15) is 37.7 Å². The van der Waals surface area contributed by atoms with E-state index in [-0.39, 0.29) is 11.8 Å². The lowest BCUT2D eigenvalue weighted by Gasteiger charge is -2.31. The standard InChI is InChI=1S/C20H30N2O3/c1-22(17-6-4-3-5-7-17)11-10-21-20(23)16-12-15-13-18(24-2)8-9-19(15)25-14-16/h8-9,13,16-17H,3-7,10-12,14H2,1-2H3,(H,21,23)/t16-/m1/s1. The van der Waals surface area contributed by atoms with E-state index in [1.54, 1.807) is 7.11 Å². The van der Waals surface area contributed by atoms with Crippen molar-refractivity contribution in [1.82, 2.24) is 10.2 Å². The number of nitrogens with zero attached hydrogens (tertiary/aromatic N) is 1. The first-order chi connectivity index (χ1) is 12.2. The fraction of sp³-hybridized carbons (Fsp3) is 0.650. The highest BCUT2D eigenvalue weighted by Gasteiger charge is 2.26. The van der Waals surface area contributed by atoms with E-state index in [2.05, 4.69) is 17.3 Å². The Morgan fingerprint density at radius 1 is 1.32 bits per heavy atom. The molecule has 0 saturated heterocycles. The second kappa shape index (κ2) is 8.56. The summed E-state index contributed by atoms with van der Waals surface area (Å²) in [5.41, 5.74) is 1.05. The number of carbonyl (C=O) groups excluding carboxylic acids is 1. The van der Waals surface area contributed by atoms with Gasteiger partial charge < -0.3 is 19.7 Å². The Kier molecular flexibility index (Phi) is 6.19. The van der Waals surface area contributed by atoms with Gasteiger partial charge >= 0.3 is 0 Å². The molecule has 0 radical (unpaired) electrons. The molecule has 2 aliphatic rings.